The first-order valence-electron chi connectivity index (χ1n) is 6.04. The van der Waals surface area contributed by atoms with Gasteiger partial charge in [0.15, 0.2) is 11.7 Å². The van der Waals surface area contributed by atoms with Crippen molar-refractivity contribution in [2.75, 3.05) is 24.7 Å². The van der Waals surface area contributed by atoms with Gasteiger partial charge in [-0.05, 0) is 18.2 Å². The number of anilines is 2. The Hall–Kier alpha value is -2.61. The number of nitrogens with one attached hydrogen (secondary N) is 2. The summed E-state index contributed by atoms with van der Waals surface area (Å²) < 4.78 is 5.34. The molecule has 4 N–H and O–H groups in total. The molecular formula is C13H14N4O3S. The minimum absolute atomic E-state index is 0.221. The van der Waals surface area contributed by atoms with Crippen LogP contribution in [0.5, 0.6) is 5.75 Å². The number of nitrogen functional groups attached to an aromatic ring is 1. The molecule has 2 rings (SSSR count). The van der Waals surface area contributed by atoms with Crippen LogP contribution in [0.2, 0.25) is 0 Å². The van der Waals surface area contributed by atoms with E-state index in [2.05, 4.69) is 15.6 Å². The number of amides is 2. The zero-order chi connectivity index (χ0) is 15.2. The molecule has 21 heavy (non-hydrogen) atoms. The van der Waals surface area contributed by atoms with Gasteiger partial charge in [0.2, 0.25) is 0 Å². The summed E-state index contributed by atoms with van der Waals surface area (Å²) in [5.74, 6) is -0.327. The third-order valence-electron chi connectivity index (χ3n) is 2.54. The second kappa shape index (κ2) is 6.71. The molecule has 0 spiro atoms. The number of benzene rings is 1. The average Bonchev–Trinajstić information content (AvgIpc) is 2.98. The summed E-state index contributed by atoms with van der Waals surface area (Å²) >= 11 is 1.31. The van der Waals surface area contributed by atoms with Crippen LogP contribution in [0.4, 0.5) is 10.8 Å². The quantitative estimate of drug-likeness (QED) is 0.717. The lowest BCUT2D eigenvalue weighted by Crippen LogP contribution is -2.21. The fraction of sp³-hybridized carbons (Fsp3) is 0.154. The number of carbonyl (C=O) groups excluding carboxylic acids is 2. The number of aromatic nitrogens is 1. The van der Waals surface area contributed by atoms with E-state index in [0.29, 0.717) is 16.4 Å². The smallest absolute Gasteiger partial charge is 0.264 e. The van der Waals surface area contributed by atoms with Crippen molar-refractivity contribution in [3.05, 3.63) is 35.3 Å². The second-order valence-electron chi connectivity index (χ2n) is 4.01. The van der Waals surface area contributed by atoms with Gasteiger partial charge >= 0.3 is 0 Å². The highest BCUT2D eigenvalue weighted by Crippen LogP contribution is 2.22. The fourth-order valence-corrected chi connectivity index (χ4v) is 2.07. The van der Waals surface area contributed by atoms with Crippen LogP contribution < -0.4 is 21.1 Å². The highest BCUT2D eigenvalue weighted by atomic mass is 32.1. The van der Waals surface area contributed by atoms with Crippen LogP contribution in [0.3, 0.4) is 0 Å². The molecule has 0 aliphatic rings. The monoisotopic (exact) mass is 306 g/mol. The maximum absolute atomic E-state index is 11.7. The topological polar surface area (TPSA) is 106 Å². The van der Waals surface area contributed by atoms with Gasteiger partial charge in [-0.15, -0.1) is 11.3 Å². The van der Waals surface area contributed by atoms with Crippen molar-refractivity contribution >= 4 is 34.0 Å². The molecule has 1 aromatic carbocycles. The maximum Gasteiger partial charge on any atom is 0.264 e. The number of rotatable bonds is 5. The van der Waals surface area contributed by atoms with Crippen molar-refractivity contribution in [3.8, 4) is 5.75 Å². The van der Waals surface area contributed by atoms with Gasteiger partial charge in [-0.3, -0.25) is 14.9 Å². The summed E-state index contributed by atoms with van der Waals surface area (Å²) in [6.07, 6.45) is 1.59. The molecule has 0 radical (unpaired) electrons. The minimum atomic E-state index is -0.352. The number of thiazole rings is 1. The lowest BCUT2D eigenvalue weighted by atomic mass is 10.2. The first-order chi connectivity index (χ1) is 10.1. The predicted molar refractivity (Wildman–Crippen MR) is 80.5 cm³/mol. The minimum Gasteiger partial charge on any atom is -0.482 e. The number of hydrogen-bond donors (Lipinski definition) is 3. The zero-order valence-corrected chi connectivity index (χ0v) is 12.1. The summed E-state index contributed by atoms with van der Waals surface area (Å²) in [5, 5.41) is 7.33. The van der Waals surface area contributed by atoms with Crippen molar-refractivity contribution in [2.24, 2.45) is 0 Å². The number of nitrogens with two attached hydrogens (primary N) is 1. The van der Waals surface area contributed by atoms with Gasteiger partial charge in [-0.25, -0.2) is 4.98 Å². The van der Waals surface area contributed by atoms with Gasteiger partial charge in [-0.1, -0.05) is 0 Å². The van der Waals surface area contributed by atoms with Crippen LogP contribution in [0.15, 0.2) is 29.8 Å². The van der Waals surface area contributed by atoms with Crippen LogP contribution in [0, 0.1) is 0 Å². The molecule has 2 aromatic rings. The molecule has 2 amide bonds. The third kappa shape index (κ3) is 3.93. The van der Waals surface area contributed by atoms with Gasteiger partial charge in [0.1, 0.15) is 5.75 Å². The van der Waals surface area contributed by atoms with E-state index < -0.39 is 0 Å². The van der Waals surface area contributed by atoms with E-state index in [4.69, 9.17) is 10.5 Å². The van der Waals surface area contributed by atoms with E-state index in [9.17, 15) is 9.59 Å². The highest BCUT2D eigenvalue weighted by molar-refractivity contribution is 7.13. The Balaban J connectivity index is 1.99. The summed E-state index contributed by atoms with van der Waals surface area (Å²) in [5.41, 5.74) is 6.51. The molecule has 1 aromatic heterocycles. The van der Waals surface area contributed by atoms with Gasteiger partial charge in [0, 0.05) is 24.2 Å². The Labute approximate surface area is 125 Å². The van der Waals surface area contributed by atoms with E-state index >= 15 is 0 Å². The molecule has 110 valence electrons. The van der Waals surface area contributed by atoms with Gasteiger partial charge < -0.3 is 15.8 Å². The molecule has 1 heterocycles. The van der Waals surface area contributed by atoms with Crippen molar-refractivity contribution in [3.63, 3.8) is 0 Å². The third-order valence-corrected chi connectivity index (χ3v) is 3.23. The van der Waals surface area contributed by atoms with E-state index in [0.717, 1.165) is 0 Å². The molecule has 0 saturated carbocycles. The number of nitrogens with zero attached hydrogens (tertiary/aromatic N) is 1. The van der Waals surface area contributed by atoms with E-state index in [1.807, 2.05) is 0 Å². The average molecular weight is 306 g/mol. The van der Waals surface area contributed by atoms with Crippen LogP contribution in [0.25, 0.3) is 0 Å². The zero-order valence-electron chi connectivity index (χ0n) is 11.3. The van der Waals surface area contributed by atoms with Crippen molar-refractivity contribution in [1.29, 1.82) is 0 Å². The summed E-state index contributed by atoms with van der Waals surface area (Å²) in [6.45, 7) is -0.221. The van der Waals surface area contributed by atoms with E-state index in [1.165, 1.54) is 24.5 Å². The van der Waals surface area contributed by atoms with Gasteiger partial charge in [0.25, 0.3) is 11.8 Å². The summed E-state index contributed by atoms with van der Waals surface area (Å²) in [4.78, 5) is 27.1. The largest absolute Gasteiger partial charge is 0.482 e. The molecule has 0 bridgehead atoms. The van der Waals surface area contributed by atoms with E-state index in [-0.39, 0.29) is 24.2 Å². The predicted octanol–water partition coefficient (Wildman–Crippen LogP) is 1.10. The second-order valence-corrected chi connectivity index (χ2v) is 4.90. The molecule has 7 nitrogen and oxygen atoms in total. The molecular weight excluding hydrogens is 292 g/mol. The van der Waals surface area contributed by atoms with Crippen molar-refractivity contribution in [1.82, 2.24) is 10.3 Å². The Morgan fingerprint density at radius 2 is 2.24 bits per heavy atom. The molecule has 0 fully saturated rings. The highest BCUT2D eigenvalue weighted by Gasteiger charge is 2.10. The lowest BCUT2D eigenvalue weighted by Gasteiger charge is -2.10. The van der Waals surface area contributed by atoms with Gasteiger partial charge in [-0.2, -0.15) is 0 Å². The first kappa shape index (κ1) is 14.8. The molecule has 0 unspecified atom stereocenters. The van der Waals surface area contributed by atoms with Gasteiger partial charge in [0.05, 0.1) is 5.69 Å². The van der Waals surface area contributed by atoms with Crippen LogP contribution in [0.1, 0.15) is 10.4 Å². The molecule has 0 aliphatic carbocycles. The maximum atomic E-state index is 11.7. The number of carbonyl (C=O) groups is 2. The Kier molecular flexibility index (Phi) is 4.72. The Morgan fingerprint density at radius 3 is 2.90 bits per heavy atom. The fourth-order valence-electron chi connectivity index (χ4n) is 1.53. The van der Waals surface area contributed by atoms with Crippen LogP contribution in [-0.2, 0) is 4.79 Å². The number of ether oxygens (including phenoxy) is 1. The summed E-state index contributed by atoms with van der Waals surface area (Å²) in [7, 11) is 1.53. The summed E-state index contributed by atoms with van der Waals surface area (Å²) in [6, 6.07) is 4.63. The molecule has 8 heteroatoms. The first-order valence-corrected chi connectivity index (χ1v) is 6.92. The standard InChI is InChI=1S/C13H14N4O3S/c1-15-12(19)8-2-3-9(14)10(6-8)20-7-11(18)17-13-16-4-5-21-13/h2-6H,7,14H2,1H3,(H,15,19)(H,16,17,18). The normalized spacial score (nSPS) is 9.95. The van der Waals surface area contributed by atoms with Crippen molar-refractivity contribution in [2.45, 2.75) is 0 Å². The Bertz CT molecular complexity index is 643. The number of hydrogen-bond acceptors (Lipinski definition) is 6. The van der Waals surface area contributed by atoms with Crippen LogP contribution in [-0.4, -0.2) is 30.5 Å². The SMILES string of the molecule is CNC(=O)c1ccc(N)c(OCC(=O)Nc2nccs2)c1. The molecule has 0 aliphatic heterocycles. The van der Waals surface area contributed by atoms with E-state index in [1.54, 1.807) is 23.7 Å². The Morgan fingerprint density at radius 1 is 1.43 bits per heavy atom. The van der Waals surface area contributed by atoms with Crippen molar-refractivity contribution < 1.29 is 14.3 Å². The molecule has 0 atom stereocenters. The van der Waals surface area contributed by atoms with Crippen LogP contribution >= 0.6 is 11.3 Å². The lowest BCUT2D eigenvalue weighted by molar-refractivity contribution is -0.118. The molecule has 0 saturated heterocycles.